The van der Waals surface area contributed by atoms with E-state index in [4.69, 9.17) is 0 Å². The van der Waals surface area contributed by atoms with Gasteiger partial charge in [-0.2, -0.15) is 26.3 Å². The van der Waals surface area contributed by atoms with Crippen molar-refractivity contribution in [1.29, 1.82) is 0 Å². The van der Waals surface area contributed by atoms with Gasteiger partial charge in [0.05, 0.1) is 0 Å². The first-order chi connectivity index (χ1) is 13.1. The van der Waals surface area contributed by atoms with E-state index >= 15 is 0 Å². The predicted molar refractivity (Wildman–Crippen MR) is 73.0 cm³/mol. The summed E-state index contributed by atoms with van der Waals surface area (Å²) < 4.78 is 157. The van der Waals surface area contributed by atoms with Crippen LogP contribution in [-0.4, -0.2) is 24.3 Å². The van der Waals surface area contributed by atoms with Gasteiger partial charge in [-0.1, -0.05) is 0 Å². The van der Waals surface area contributed by atoms with E-state index in [1.54, 1.807) is 0 Å². The van der Waals surface area contributed by atoms with E-state index in [0.29, 0.717) is 24.3 Å². The van der Waals surface area contributed by atoms with Gasteiger partial charge < -0.3 is 14.0 Å². The van der Waals surface area contributed by atoms with Crippen LogP contribution in [0.3, 0.4) is 0 Å². The van der Waals surface area contributed by atoms with Crippen LogP contribution in [0.4, 0.5) is 39.5 Å². The second-order valence-corrected chi connectivity index (χ2v) is 6.48. The fourth-order valence-electron chi connectivity index (χ4n) is 1.72. The molecule has 0 heterocycles. The molecule has 0 bridgehead atoms. The molecule has 160 valence electrons. The first-order valence-corrected chi connectivity index (χ1v) is 8.20. The molecule has 0 N–H and O–H groups in total. The molecule has 0 aromatic heterocycles. The quantitative estimate of drug-likeness (QED) is 0.206. The van der Waals surface area contributed by atoms with Gasteiger partial charge in [0.1, 0.15) is 11.5 Å². The topological polar surface area (TPSA) is 75.7 Å². The molecule has 0 aliphatic carbocycles. The molecule has 0 radical (unpaired) electrons. The van der Waals surface area contributed by atoms with Gasteiger partial charge >= 0.3 is 40.9 Å². The maximum atomic E-state index is 13.5. The summed E-state index contributed by atoms with van der Waals surface area (Å²) >= 11 is 0. The van der Waals surface area contributed by atoms with E-state index in [1.807, 2.05) is 0 Å². The van der Waals surface area contributed by atoms with E-state index in [1.165, 1.54) is 0 Å². The third-order valence-corrected chi connectivity index (χ3v) is 3.98. The monoisotopic (exact) mass is 478 g/mol. The Hall–Kier alpha value is -1.68. The Morgan fingerprint density at radius 2 is 1.10 bits per heavy atom. The Bertz CT molecular complexity index is 1020. The third kappa shape index (κ3) is 4.80. The molecule has 0 aliphatic heterocycles. The number of ether oxygens (including phenoxy) is 2. The minimum atomic E-state index is -6.82. The molecular weight excluding hydrogens is 474 g/mol. The van der Waals surface area contributed by atoms with Gasteiger partial charge in [-0.15, -0.1) is 0 Å². The van der Waals surface area contributed by atoms with Gasteiger partial charge in [0.15, 0.2) is 10.1 Å². The van der Waals surface area contributed by atoms with Crippen LogP contribution in [0.2, 0.25) is 0 Å². The zero-order valence-corrected chi connectivity index (χ0v) is 17.0. The standard InChI is InChI=1S/C14H5F9O5S.Na/c15-7-8(16)10(18)12(11(19)9(7)17)27-5-1-3-6(4-2-5)28-13(20,21)14(22,23)29(24,25)26;/h1-4H,(H,24,25,26);/q;+1/p-1. The number of hydrogen-bond acceptors (Lipinski definition) is 5. The zero-order valence-electron chi connectivity index (χ0n) is 14.2. The summed E-state index contributed by atoms with van der Waals surface area (Å²) in [5.74, 6) is -15.5. The summed E-state index contributed by atoms with van der Waals surface area (Å²) in [6, 6.07) is 1.83. The Morgan fingerprint density at radius 1 is 0.733 bits per heavy atom. The Balaban J connectivity index is 0.00000450. The third-order valence-electron chi connectivity index (χ3n) is 3.11. The smallest absolute Gasteiger partial charge is 0.743 e. The maximum Gasteiger partial charge on any atom is 1.00 e. The van der Waals surface area contributed by atoms with Crippen molar-refractivity contribution in [2.75, 3.05) is 0 Å². The summed E-state index contributed by atoms with van der Waals surface area (Å²) in [5.41, 5.74) is 0. The Labute approximate surface area is 183 Å². The SMILES string of the molecule is O=S(=O)([O-])C(F)(F)C(F)(F)Oc1ccc(Oc2c(F)c(F)c(F)c(F)c2F)cc1.[Na+]. The van der Waals surface area contributed by atoms with E-state index in [-0.39, 0.29) is 29.6 Å². The van der Waals surface area contributed by atoms with Crippen molar-refractivity contribution in [2.45, 2.75) is 11.4 Å². The van der Waals surface area contributed by atoms with Crippen LogP contribution in [0, 0.1) is 29.1 Å². The van der Waals surface area contributed by atoms with Gasteiger partial charge in [-0.25, -0.2) is 21.6 Å². The second kappa shape index (κ2) is 8.82. The molecule has 2 rings (SSSR count). The minimum Gasteiger partial charge on any atom is -0.743 e. The molecule has 0 atom stereocenters. The maximum absolute atomic E-state index is 13.5. The fraction of sp³-hybridized carbons (Fsp3) is 0.143. The first kappa shape index (κ1) is 26.4. The van der Waals surface area contributed by atoms with Crippen molar-refractivity contribution in [3.05, 3.63) is 53.4 Å². The van der Waals surface area contributed by atoms with Crippen molar-refractivity contribution in [3.8, 4) is 17.2 Å². The number of hydrogen-bond donors (Lipinski definition) is 0. The number of halogens is 9. The van der Waals surface area contributed by atoms with Crippen LogP contribution in [0.5, 0.6) is 17.2 Å². The summed E-state index contributed by atoms with van der Waals surface area (Å²) in [6.07, 6.45) is -5.81. The molecule has 30 heavy (non-hydrogen) atoms. The molecule has 5 nitrogen and oxygen atoms in total. The summed E-state index contributed by atoms with van der Waals surface area (Å²) in [4.78, 5) is 0. The van der Waals surface area contributed by atoms with E-state index in [9.17, 15) is 52.5 Å². The van der Waals surface area contributed by atoms with Crippen LogP contribution in [-0.2, 0) is 10.1 Å². The van der Waals surface area contributed by atoms with Crippen LogP contribution in [0.25, 0.3) is 0 Å². The average molecular weight is 478 g/mol. The minimum absolute atomic E-state index is 0. The van der Waals surface area contributed by atoms with Crippen molar-refractivity contribution in [2.24, 2.45) is 0 Å². The molecular formula is C14H4F9NaO5S. The van der Waals surface area contributed by atoms with Gasteiger partial charge in [0.2, 0.25) is 34.8 Å². The van der Waals surface area contributed by atoms with Gasteiger partial charge in [-0.05, 0) is 24.3 Å². The molecule has 0 saturated heterocycles. The molecule has 2 aromatic rings. The van der Waals surface area contributed by atoms with Gasteiger partial charge in [0, 0.05) is 0 Å². The van der Waals surface area contributed by atoms with Gasteiger partial charge in [-0.3, -0.25) is 0 Å². The van der Waals surface area contributed by atoms with Crippen LogP contribution in [0.15, 0.2) is 24.3 Å². The summed E-state index contributed by atoms with van der Waals surface area (Å²) in [5, 5.41) is -6.15. The zero-order chi connectivity index (χ0) is 22.4. The predicted octanol–water partition coefficient (Wildman–Crippen LogP) is 1.29. The first-order valence-electron chi connectivity index (χ1n) is 6.79. The fourth-order valence-corrected chi connectivity index (χ4v) is 2.05. The molecule has 0 unspecified atom stereocenters. The van der Waals surface area contributed by atoms with Crippen LogP contribution >= 0.6 is 0 Å². The van der Waals surface area contributed by atoms with E-state index < -0.39 is 67.8 Å². The largest absolute Gasteiger partial charge is 1.00 e. The molecule has 0 amide bonds. The molecule has 0 fully saturated rings. The Morgan fingerprint density at radius 3 is 1.50 bits per heavy atom. The number of alkyl halides is 4. The van der Waals surface area contributed by atoms with Crippen LogP contribution < -0.4 is 39.0 Å². The van der Waals surface area contributed by atoms with Crippen molar-refractivity contribution < 1.29 is 91.5 Å². The summed E-state index contributed by atoms with van der Waals surface area (Å²) in [7, 11) is -6.82. The average Bonchev–Trinajstić information content (AvgIpc) is 2.62. The molecule has 0 spiro atoms. The second-order valence-electron chi connectivity index (χ2n) is 5.06. The number of rotatable bonds is 6. The molecule has 0 aliphatic rings. The molecule has 0 saturated carbocycles. The molecule has 2 aromatic carbocycles. The Kier molecular flexibility index (Phi) is 7.75. The van der Waals surface area contributed by atoms with E-state index in [2.05, 4.69) is 9.47 Å². The van der Waals surface area contributed by atoms with Gasteiger partial charge in [0.25, 0.3) is 0 Å². The molecule has 16 heteroatoms. The van der Waals surface area contributed by atoms with Crippen LogP contribution in [0.1, 0.15) is 0 Å². The normalized spacial score (nSPS) is 12.3. The summed E-state index contributed by atoms with van der Waals surface area (Å²) in [6.45, 7) is 0. The number of benzene rings is 2. The van der Waals surface area contributed by atoms with Crippen molar-refractivity contribution in [1.82, 2.24) is 0 Å². The van der Waals surface area contributed by atoms with Crippen molar-refractivity contribution >= 4 is 10.1 Å². The van der Waals surface area contributed by atoms with E-state index in [0.717, 1.165) is 0 Å². The van der Waals surface area contributed by atoms with Crippen molar-refractivity contribution in [3.63, 3.8) is 0 Å².